The van der Waals surface area contributed by atoms with E-state index in [-0.39, 0.29) is 36.3 Å². The fraction of sp³-hybridized carbons (Fsp3) is 0.500. The van der Waals surface area contributed by atoms with E-state index in [1.165, 1.54) is 6.07 Å². The van der Waals surface area contributed by atoms with Gasteiger partial charge in [0.2, 0.25) is 0 Å². The molecule has 0 aliphatic carbocycles. The number of aromatic nitrogens is 3. The lowest BCUT2D eigenvalue weighted by atomic mass is 10.1. The van der Waals surface area contributed by atoms with Gasteiger partial charge in [-0.1, -0.05) is 0 Å². The van der Waals surface area contributed by atoms with Gasteiger partial charge in [0, 0.05) is 42.7 Å². The normalized spacial score (nSPS) is 17.0. The molecule has 10 heteroatoms. The summed E-state index contributed by atoms with van der Waals surface area (Å²) in [5.41, 5.74) is 2.91. The minimum absolute atomic E-state index is 0. The molecule has 1 atom stereocenters. The van der Waals surface area contributed by atoms with Crippen LogP contribution in [0.25, 0.3) is 5.65 Å². The second-order valence-corrected chi connectivity index (χ2v) is 5.36. The van der Waals surface area contributed by atoms with E-state index in [4.69, 9.17) is 4.74 Å². The second-order valence-electron chi connectivity index (χ2n) is 5.36. The van der Waals surface area contributed by atoms with E-state index in [1.807, 2.05) is 13.8 Å². The number of ether oxygens (including phenoxy) is 1. The highest BCUT2D eigenvalue weighted by atomic mass is 35.5. The number of halogens is 2. The third kappa shape index (κ3) is 4.07. The molecule has 2 aromatic heterocycles. The molecule has 3 heterocycles. The van der Waals surface area contributed by atoms with Gasteiger partial charge >= 0.3 is 0 Å². The first-order valence-electron chi connectivity index (χ1n) is 7.24. The van der Waals surface area contributed by atoms with Crippen LogP contribution in [0, 0.1) is 13.8 Å². The molecule has 0 radical (unpaired) electrons. The Morgan fingerprint density at radius 1 is 1.46 bits per heavy atom. The Bertz CT molecular complexity index is 768. The number of aromatic amines is 1. The Labute approximate surface area is 151 Å². The van der Waals surface area contributed by atoms with Gasteiger partial charge in [0.05, 0.1) is 6.61 Å². The highest BCUT2D eigenvalue weighted by molar-refractivity contribution is 5.85. The summed E-state index contributed by atoms with van der Waals surface area (Å²) in [7, 11) is 0. The minimum atomic E-state index is -0.461. The molecule has 134 valence electrons. The van der Waals surface area contributed by atoms with Crippen LogP contribution >= 0.6 is 24.8 Å². The van der Waals surface area contributed by atoms with Crippen molar-refractivity contribution in [3.63, 3.8) is 0 Å². The molecular formula is C14H21Cl2N5O3. The maximum atomic E-state index is 12.1. The van der Waals surface area contributed by atoms with Crippen LogP contribution in [-0.2, 0) is 16.1 Å². The molecule has 1 saturated heterocycles. The van der Waals surface area contributed by atoms with Crippen LogP contribution in [0.2, 0.25) is 0 Å². The van der Waals surface area contributed by atoms with Gasteiger partial charge in [-0.25, -0.2) is 9.50 Å². The molecule has 0 unspecified atom stereocenters. The van der Waals surface area contributed by atoms with Crippen LogP contribution in [0.5, 0.6) is 0 Å². The highest BCUT2D eigenvalue weighted by Gasteiger charge is 2.22. The standard InChI is InChI=1S/C14H19N5O3.2ClH/c1-8-10(6-16-14(21)11-7-15-3-4-22-11)9(2)19-12(17-8)5-13(20)18-19;;/h5,11,15H,3-4,6-7H2,1-2H3,(H,16,21)(H,18,20);2*1H/t11-;;/m1../s1. The molecule has 0 aromatic carbocycles. The quantitative estimate of drug-likeness (QED) is 0.703. The Morgan fingerprint density at radius 2 is 2.21 bits per heavy atom. The number of amides is 1. The summed E-state index contributed by atoms with van der Waals surface area (Å²) in [6.07, 6.45) is -0.461. The summed E-state index contributed by atoms with van der Waals surface area (Å²) in [6, 6.07) is 1.45. The Kier molecular flexibility index (Phi) is 7.22. The van der Waals surface area contributed by atoms with E-state index in [9.17, 15) is 9.59 Å². The molecule has 0 saturated carbocycles. The van der Waals surface area contributed by atoms with Crippen LogP contribution < -0.4 is 16.2 Å². The van der Waals surface area contributed by atoms with E-state index < -0.39 is 6.10 Å². The summed E-state index contributed by atoms with van der Waals surface area (Å²) in [5.74, 6) is -0.146. The summed E-state index contributed by atoms with van der Waals surface area (Å²) in [5, 5.41) is 8.69. The SMILES string of the molecule is Cc1nc2cc(=O)[nH]n2c(C)c1CNC(=O)[C@H]1CNCCO1.Cl.Cl. The van der Waals surface area contributed by atoms with Crippen molar-refractivity contribution in [1.82, 2.24) is 25.2 Å². The van der Waals surface area contributed by atoms with Gasteiger partial charge in [-0.15, -0.1) is 24.8 Å². The molecule has 0 bridgehead atoms. The summed E-state index contributed by atoms with van der Waals surface area (Å²) < 4.78 is 7.05. The molecule has 0 spiro atoms. The first kappa shape index (κ1) is 20.4. The number of aryl methyl sites for hydroxylation is 2. The van der Waals surface area contributed by atoms with Crippen molar-refractivity contribution < 1.29 is 9.53 Å². The van der Waals surface area contributed by atoms with Crippen LogP contribution in [-0.4, -0.2) is 46.3 Å². The fourth-order valence-electron chi connectivity index (χ4n) is 2.63. The number of carbonyl (C=O) groups is 1. The van der Waals surface area contributed by atoms with E-state index in [2.05, 4.69) is 20.7 Å². The van der Waals surface area contributed by atoms with E-state index in [1.54, 1.807) is 4.52 Å². The summed E-state index contributed by atoms with van der Waals surface area (Å²) in [6.45, 7) is 5.92. The number of nitrogens with one attached hydrogen (secondary N) is 3. The lowest BCUT2D eigenvalue weighted by Gasteiger charge is -2.23. The lowest BCUT2D eigenvalue weighted by molar-refractivity contribution is -0.134. The van der Waals surface area contributed by atoms with Crippen molar-refractivity contribution in [3.8, 4) is 0 Å². The predicted octanol–water partition coefficient (Wildman–Crippen LogP) is 0.0876. The monoisotopic (exact) mass is 377 g/mol. The zero-order valence-corrected chi connectivity index (χ0v) is 15.1. The average Bonchev–Trinajstić information content (AvgIpc) is 2.88. The zero-order valence-electron chi connectivity index (χ0n) is 13.4. The van der Waals surface area contributed by atoms with Crippen LogP contribution in [0.15, 0.2) is 10.9 Å². The van der Waals surface area contributed by atoms with Crippen molar-refractivity contribution >= 4 is 36.4 Å². The average molecular weight is 378 g/mol. The first-order chi connectivity index (χ1) is 10.6. The molecule has 1 amide bonds. The van der Waals surface area contributed by atoms with Gasteiger partial charge in [-0.2, -0.15) is 0 Å². The third-order valence-corrected chi connectivity index (χ3v) is 3.86. The maximum absolute atomic E-state index is 12.1. The van der Waals surface area contributed by atoms with Crippen molar-refractivity contribution in [3.05, 3.63) is 33.4 Å². The number of H-pyrrole nitrogens is 1. The van der Waals surface area contributed by atoms with Gasteiger partial charge in [0.15, 0.2) is 5.65 Å². The number of nitrogens with zero attached hydrogens (tertiary/aromatic N) is 2. The molecule has 3 N–H and O–H groups in total. The Hall–Kier alpha value is -1.61. The van der Waals surface area contributed by atoms with E-state index in [0.717, 1.165) is 23.5 Å². The summed E-state index contributed by atoms with van der Waals surface area (Å²) in [4.78, 5) is 27.9. The molecule has 24 heavy (non-hydrogen) atoms. The fourth-order valence-corrected chi connectivity index (χ4v) is 2.63. The van der Waals surface area contributed by atoms with Gasteiger partial charge in [0.1, 0.15) is 6.10 Å². The molecule has 1 aliphatic rings. The largest absolute Gasteiger partial charge is 0.366 e. The minimum Gasteiger partial charge on any atom is -0.366 e. The number of hydrogen-bond donors (Lipinski definition) is 3. The number of fused-ring (bicyclic) bond motifs is 1. The van der Waals surface area contributed by atoms with Crippen molar-refractivity contribution in [2.75, 3.05) is 19.7 Å². The van der Waals surface area contributed by atoms with Crippen LogP contribution in [0.4, 0.5) is 0 Å². The second kappa shape index (κ2) is 8.48. The first-order valence-corrected chi connectivity index (χ1v) is 7.24. The predicted molar refractivity (Wildman–Crippen MR) is 94.2 cm³/mol. The molecule has 1 aliphatic heterocycles. The zero-order chi connectivity index (χ0) is 15.7. The summed E-state index contributed by atoms with van der Waals surface area (Å²) >= 11 is 0. The molecule has 3 rings (SSSR count). The van der Waals surface area contributed by atoms with Gasteiger partial charge in [-0.3, -0.25) is 14.7 Å². The Balaban J connectivity index is 0.00000144. The van der Waals surface area contributed by atoms with Crippen LogP contribution in [0.1, 0.15) is 17.0 Å². The van der Waals surface area contributed by atoms with E-state index in [0.29, 0.717) is 25.3 Å². The lowest BCUT2D eigenvalue weighted by Crippen LogP contribution is -2.47. The smallest absolute Gasteiger partial charge is 0.266 e. The number of hydrogen-bond acceptors (Lipinski definition) is 5. The topological polar surface area (TPSA) is 101 Å². The molecule has 8 nitrogen and oxygen atoms in total. The van der Waals surface area contributed by atoms with Gasteiger partial charge < -0.3 is 15.4 Å². The molecule has 1 fully saturated rings. The van der Waals surface area contributed by atoms with Gasteiger partial charge in [0.25, 0.3) is 11.5 Å². The van der Waals surface area contributed by atoms with Gasteiger partial charge in [-0.05, 0) is 13.8 Å². The van der Waals surface area contributed by atoms with Crippen LogP contribution in [0.3, 0.4) is 0 Å². The number of morpholine rings is 1. The highest BCUT2D eigenvalue weighted by Crippen LogP contribution is 2.13. The molecular weight excluding hydrogens is 357 g/mol. The Morgan fingerprint density at radius 3 is 2.88 bits per heavy atom. The molecule has 2 aromatic rings. The maximum Gasteiger partial charge on any atom is 0.266 e. The number of rotatable bonds is 3. The van der Waals surface area contributed by atoms with Crippen molar-refractivity contribution in [2.24, 2.45) is 0 Å². The third-order valence-electron chi connectivity index (χ3n) is 3.86. The van der Waals surface area contributed by atoms with Crippen molar-refractivity contribution in [1.29, 1.82) is 0 Å². The van der Waals surface area contributed by atoms with E-state index >= 15 is 0 Å². The van der Waals surface area contributed by atoms with Crippen molar-refractivity contribution in [2.45, 2.75) is 26.5 Å². The number of carbonyl (C=O) groups excluding carboxylic acids is 1.